The van der Waals surface area contributed by atoms with Gasteiger partial charge >= 0.3 is 0 Å². The summed E-state index contributed by atoms with van der Waals surface area (Å²) in [6.07, 6.45) is 9.56. The van der Waals surface area contributed by atoms with Gasteiger partial charge in [0.2, 0.25) is 0 Å². The molecule has 102 valence electrons. The van der Waals surface area contributed by atoms with E-state index >= 15 is 0 Å². The fraction of sp³-hybridized carbons (Fsp3) is 0.647. The SMILES string of the molecule is [B]c1cccc(OCC(CCC)C2CCCCC2)c1. The van der Waals surface area contributed by atoms with Crippen molar-refractivity contribution in [2.75, 3.05) is 6.61 Å². The van der Waals surface area contributed by atoms with Crippen molar-refractivity contribution in [2.24, 2.45) is 11.8 Å². The summed E-state index contributed by atoms with van der Waals surface area (Å²) in [4.78, 5) is 0. The van der Waals surface area contributed by atoms with Crippen LogP contribution in [0.4, 0.5) is 0 Å². The molecule has 1 unspecified atom stereocenters. The molecule has 1 saturated carbocycles. The molecule has 1 aromatic rings. The van der Waals surface area contributed by atoms with Crippen LogP contribution in [0, 0.1) is 11.8 Å². The summed E-state index contributed by atoms with van der Waals surface area (Å²) in [5.41, 5.74) is 0.780. The van der Waals surface area contributed by atoms with Crippen LogP contribution in [0.15, 0.2) is 24.3 Å². The van der Waals surface area contributed by atoms with E-state index < -0.39 is 0 Å². The Labute approximate surface area is 119 Å². The minimum atomic E-state index is 0.715. The van der Waals surface area contributed by atoms with Gasteiger partial charge in [-0.15, -0.1) is 0 Å². The Kier molecular flexibility index (Phi) is 5.81. The molecule has 1 atom stereocenters. The zero-order valence-electron chi connectivity index (χ0n) is 12.1. The summed E-state index contributed by atoms with van der Waals surface area (Å²) in [6.45, 7) is 3.12. The third-order valence-corrected chi connectivity index (χ3v) is 4.30. The molecule has 2 heteroatoms. The fourth-order valence-electron chi connectivity index (χ4n) is 3.24. The first kappa shape index (κ1) is 14.5. The molecule has 0 amide bonds. The molecule has 0 aromatic heterocycles. The first-order chi connectivity index (χ1) is 9.29. The minimum absolute atomic E-state index is 0.715. The van der Waals surface area contributed by atoms with Crippen molar-refractivity contribution in [2.45, 2.75) is 51.9 Å². The van der Waals surface area contributed by atoms with Crippen molar-refractivity contribution in [1.82, 2.24) is 0 Å². The van der Waals surface area contributed by atoms with Gasteiger partial charge in [0.15, 0.2) is 0 Å². The summed E-state index contributed by atoms with van der Waals surface area (Å²) in [5.74, 6) is 2.50. The molecule has 0 saturated heterocycles. The molecule has 1 aliphatic rings. The van der Waals surface area contributed by atoms with Crippen LogP contribution in [-0.2, 0) is 0 Å². The van der Waals surface area contributed by atoms with Crippen LogP contribution in [0.1, 0.15) is 51.9 Å². The summed E-state index contributed by atoms with van der Waals surface area (Å²) >= 11 is 0. The lowest BCUT2D eigenvalue weighted by molar-refractivity contribution is 0.153. The second kappa shape index (κ2) is 7.62. The van der Waals surface area contributed by atoms with Gasteiger partial charge in [-0.1, -0.05) is 63.0 Å². The summed E-state index contributed by atoms with van der Waals surface area (Å²) in [5, 5.41) is 0. The quantitative estimate of drug-likeness (QED) is 0.702. The number of hydrogen-bond donors (Lipinski definition) is 0. The van der Waals surface area contributed by atoms with Gasteiger partial charge in [-0.3, -0.25) is 0 Å². The lowest BCUT2D eigenvalue weighted by Crippen LogP contribution is -2.24. The largest absolute Gasteiger partial charge is 0.493 e. The highest BCUT2D eigenvalue weighted by Gasteiger charge is 2.23. The molecule has 0 aliphatic heterocycles. The molecule has 1 fully saturated rings. The third-order valence-electron chi connectivity index (χ3n) is 4.30. The second-order valence-corrected chi connectivity index (χ2v) is 5.83. The predicted octanol–water partition coefficient (Wildman–Crippen LogP) is 3.86. The van der Waals surface area contributed by atoms with Crippen molar-refractivity contribution in [1.29, 1.82) is 0 Å². The molecule has 1 nitrogen and oxygen atoms in total. The van der Waals surface area contributed by atoms with Gasteiger partial charge in [-0.2, -0.15) is 0 Å². The number of rotatable bonds is 6. The van der Waals surface area contributed by atoms with E-state index in [0.717, 1.165) is 23.7 Å². The Morgan fingerprint density at radius 1 is 1.26 bits per heavy atom. The van der Waals surface area contributed by atoms with Crippen LogP contribution in [0.2, 0.25) is 0 Å². The average molecular weight is 256 g/mol. The highest BCUT2D eigenvalue weighted by atomic mass is 16.5. The molecular weight excluding hydrogens is 231 g/mol. The van der Waals surface area contributed by atoms with Crippen molar-refractivity contribution >= 4 is 13.3 Å². The zero-order valence-corrected chi connectivity index (χ0v) is 12.1. The van der Waals surface area contributed by atoms with Crippen molar-refractivity contribution in [3.63, 3.8) is 0 Å². The molecule has 2 radical (unpaired) electrons. The van der Waals surface area contributed by atoms with Crippen LogP contribution in [0.5, 0.6) is 5.75 Å². The van der Waals surface area contributed by atoms with Crippen molar-refractivity contribution < 1.29 is 4.74 Å². The van der Waals surface area contributed by atoms with E-state index in [-0.39, 0.29) is 0 Å². The van der Waals surface area contributed by atoms with E-state index in [2.05, 4.69) is 6.92 Å². The first-order valence-electron chi connectivity index (χ1n) is 7.78. The maximum atomic E-state index is 5.97. The van der Waals surface area contributed by atoms with Gasteiger partial charge in [0.25, 0.3) is 0 Å². The minimum Gasteiger partial charge on any atom is -0.493 e. The zero-order chi connectivity index (χ0) is 13.5. The molecule has 0 heterocycles. The van der Waals surface area contributed by atoms with Crippen LogP contribution in [-0.4, -0.2) is 14.5 Å². The molecule has 2 rings (SSSR count). The van der Waals surface area contributed by atoms with Crippen LogP contribution >= 0.6 is 0 Å². The maximum absolute atomic E-state index is 5.97. The molecule has 19 heavy (non-hydrogen) atoms. The summed E-state index contributed by atoms with van der Waals surface area (Å²) in [7, 11) is 5.79. The summed E-state index contributed by atoms with van der Waals surface area (Å²) < 4.78 is 5.97. The van der Waals surface area contributed by atoms with Gasteiger partial charge < -0.3 is 4.74 Å². The molecule has 0 spiro atoms. The predicted molar refractivity (Wildman–Crippen MR) is 82.3 cm³/mol. The highest BCUT2D eigenvalue weighted by Crippen LogP contribution is 2.32. The Morgan fingerprint density at radius 3 is 2.74 bits per heavy atom. The molecular formula is C17H25BO. The Morgan fingerprint density at radius 2 is 2.05 bits per heavy atom. The van der Waals surface area contributed by atoms with Gasteiger partial charge in [0.05, 0.1) is 6.61 Å². The van der Waals surface area contributed by atoms with Crippen LogP contribution < -0.4 is 10.2 Å². The maximum Gasteiger partial charge on any atom is 0.118 e. The van der Waals surface area contributed by atoms with Gasteiger partial charge in [-0.05, 0) is 30.4 Å². The number of ether oxygens (including phenoxy) is 1. The Balaban J connectivity index is 1.89. The lowest BCUT2D eigenvalue weighted by Gasteiger charge is -2.30. The highest BCUT2D eigenvalue weighted by molar-refractivity contribution is 6.32. The van der Waals surface area contributed by atoms with E-state index in [1.54, 1.807) is 0 Å². The van der Waals surface area contributed by atoms with E-state index in [4.69, 9.17) is 12.6 Å². The van der Waals surface area contributed by atoms with Gasteiger partial charge in [-0.25, -0.2) is 0 Å². The summed E-state index contributed by atoms with van der Waals surface area (Å²) in [6, 6.07) is 7.78. The van der Waals surface area contributed by atoms with E-state index in [1.807, 2.05) is 24.3 Å². The molecule has 0 bridgehead atoms. The van der Waals surface area contributed by atoms with Crippen LogP contribution in [0.25, 0.3) is 0 Å². The lowest BCUT2D eigenvalue weighted by atomic mass is 9.78. The smallest absolute Gasteiger partial charge is 0.118 e. The number of hydrogen-bond acceptors (Lipinski definition) is 1. The van der Waals surface area contributed by atoms with E-state index in [1.165, 1.54) is 44.9 Å². The Hall–Kier alpha value is -0.915. The number of benzene rings is 1. The molecule has 1 aliphatic carbocycles. The topological polar surface area (TPSA) is 9.23 Å². The van der Waals surface area contributed by atoms with Crippen molar-refractivity contribution in [3.8, 4) is 5.75 Å². The molecule has 0 N–H and O–H groups in total. The first-order valence-corrected chi connectivity index (χ1v) is 7.78. The normalized spacial score (nSPS) is 18.2. The third kappa shape index (κ3) is 4.60. The Bertz CT molecular complexity index is 371. The van der Waals surface area contributed by atoms with Gasteiger partial charge in [0.1, 0.15) is 13.6 Å². The van der Waals surface area contributed by atoms with Crippen molar-refractivity contribution in [3.05, 3.63) is 24.3 Å². The van der Waals surface area contributed by atoms with Crippen LogP contribution in [0.3, 0.4) is 0 Å². The van der Waals surface area contributed by atoms with E-state index in [9.17, 15) is 0 Å². The van der Waals surface area contributed by atoms with E-state index in [0.29, 0.717) is 5.92 Å². The monoisotopic (exact) mass is 256 g/mol. The second-order valence-electron chi connectivity index (χ2n) is 5.83. The standard InChI is InChI=1S/C17H25BO/c1-2-7-15(14-8-4-3-5-9-14)13-19-17-11-6-10-16(18)12-17/h6,10-12,14-15H,2-5,7-9,13H2,1H3. The fourth-order valence-corrected chi connectivity index (χ4v) is 3.24. The van der Waals surface area contributed by atoms with Gasteiger partial charge in [0, 0.05) is 0 Å². The average Bonchev–Trinajstić information content (AvgIpc) is 2.44. The molecule has 1 aromatic carbocycles.